The van der Waals surface area contributed by atoms with Crippen LogP contribution in [0.1, 0.15) is 19.8 Å². The minimum atomic E-state index is 0.665. The third kappa shape index (κ3) is 7.70. The van der Waals surface area contributed by atoms with Gasteiger partial charge in [-0.1, -0.05) is 6.07 Å². The van der Waals surface area contributed by atoms with Crippen molar-refractivity contribution < 1.29 is 14.2 Å². The molecule has 1 rings (SSSR count). The molecular formula is C15H25NO3. The van der Waals surface area contributed by atoms with E-state index in [0.29, 0.717) is 6.61 Å². The summed E-state index contributed by atoms with van der Waals surface area (Å²) < 4.78 is 16.0. The van der Waals surface area contributed by atoms with E-state index in [4.69, 9.17) is 14.2 Å². The molecule has 1 aromatic rings. The number of hydrogen-bond acceptors (Lipinski definition) is 4. The summed E-state index contributed by atoms with van der Waals surface area (Å²) in [6.45, 7) is 6.22. The van der Waals surface area contributed by atoms with Gasteiger partial charge in [-0.05, 0) is 38.4 Å². The predicted molar refractivity (Wildman–Crippen MR) is 77.1 cm³/mol. The van der Waals surface area contributed by atoms with Crippen LogP contribution >= 0.6 is 0 Å². The lowest BCUT2D eigenvalue weighted by Crippen LogP contribution is -2.22. The molecule has 0 unspecified atom stereocenters. The van der Waals surface area contributed by atoms with Crippen LogP contribution in [0.25, 0.3) is 0 Å². The Hall–Kier alpha value is -1.26. The van der Waals surface area contributed by atoms with Crippen molar-refractivity contribution in [3.05, 3.63) is 24.3 Å². The Morgan fingerprint density at radius 2 is 1.89 bits per heavy atom. The van der Waals surface area contributed by atoms with Gasteiger partial charge >= 0.3 is 0 Å². The summed E-state index contributed by atoms with van der Waals surface area (Å²) >= 11 is 0. The summed E-state index contributed by atoms with van der Waals surface area (Å²) in [5, 5.41) is 3.35. The van der Waals surface area contributed by atoms with Crippen molar-refractivity contribution in [2.75, 3.05) is 40.0 Å². The van der Waals surface area contributed by atoms with Gasteiger partial charge < -0.3 is 19.5 Å². The lowest BCUT2D eigenvalue weighted by Gasteiger charge is -2.08. The van der Waals surface area contributed by atoms with E-state index in [1.807, 2.05) is 31.2 Å². The normalized spacial score (nSPS) is 10.4. The quantitative estimate of drug-likeness (QED) is 0.625. The fourth-order valence-corrected chi connectivity index (χ4v) is 1.66. The van der Waals surface area contributed by atoms with Crippen molar-refractivity contribution >= 4 is 0 Å². The van der Waals surface area contributed by atoms with E-state index in [2.05, 4.69) is 5.32 Å². The Morgan fingerprint density at radius 3 is 2.68 bits per heavy atom. The molecule has 0 radical (unpaired) electrons. The van der Waals surface area contributed by atoms with Gasteiger partial charge in [-0.2, -0.15) is 0 Å². The molecule has 19 heavy (non-hydrogen) atoms. The highest BCUT2D eigenvalue weighted by molar-refractivity contribution is 5.32. The monoisotopic (exact) mass is 267 g/mol. The minimum Gasteiger partial charge on any atom is -0.497 e. The van der Waals surface area contributed by atoms with Gasteiger partial charge in [0.1, 0.15) is 18.1 Å². The number of rotatable bonds is 11. The highest BCUT2D eigenvalue weighted by Gasteiger charge is 1.96. The molecule has 0 aliphatic heterocycles. The Balaban J connectivity index is 1.98. The number of ether oxygens (including phenoxy) is 3. The molecular weight excluding hydrogens is 242 g/mol. The molecule has 4 nitrogen and oxygen atoms in total. The maximum absolute atomic E-state index is 5.63. The summed E-state index contributed by atoms with van der Waals surface area (Å²) in [5.41, 5.74) is 0. The summed E-state index contributed by atoms with van der Waals surface area (Å²) in [7, 11) is 1.66. The van der Waals surface area contributed by atoms with Gasteiger partial charge in [0.25, 0.3) is 0 Å². The Morgan fingerprint density at radius 1 is 1.05 bits per heavy atom. The first-order valence-electron chi connectivity index (χ1n) is 6.92. The first kappa shape index (κ1) is 15.8. The van der Waals surface area contributed by atoms with Crippen LogP contribution in [0.15, 0.2) is 24.3 Å². The lowest BCUT2D eigenvalue weighted by molar-refractivity contribution is 0.143. The molecule has 0 heterocycles. The maximum Gasteiger partial charge on any atom is 0.123 e. The van der Waals surface area contributed by atoms with Crippen molar-refractivity contribution in [2.45, 2.75) is 19.8 Å². The van der Waals surface area contributed by atoms with Crippen molar-refractivity contribution in [2.24, 2.45) is 0 Å². The third-order valence-corrected chi connectivity index (χ3v) is 2.69. The molecule has 0 aliphatic carbocycles. The Bertz CT molecular complexity index is 331. The van der Waals surface area contributed by atoms with E-state index in [1.54, 1.807) is 7.11 Å². The second-order valence-electron chi connectivity index (χ2n) is 4.18. The highest BCUT2D eigenvalue weighted by atomic mass is 16.5. The predicted octanol–water partition coefficient (Wildman–Crippen LogP) is 2.48. The number of hydrogen-bond donors (Lipinski definition) is 1. The average Bonchev–Trinajstić information content (AvgIpc) is 2.46. The van der Waals surface area contributed by atoms with Gasteiger partial charge in [0, 0.05) is 25.8 Å². The van der Waals surface area contributed by atoms with Crippen molar-refractivity contribution in [1.82, 2.24) is 5.32 Å². The van der Waals surface area contributed by atoms with E-state index in [1.165, 1.54) is 0 Å². The van der Waals surface area contributed by atoms with Gasteiger partial charge in [0.15, 0.2) is 0 Å². The lowest BCUT2D eigenvalue weighted by atomic mass is 10.3. The molecule has 0 fully saturated rings. The van der Waals surface area contributed by atoms with Crippen molar-refractivity contribution in [1.29, 1.82) is 0 Å². The summed E-state index contributed by atoms with van der Waals surface area (Å²) in [5.74, 6) is 1.67. The number of unbranched alkanes of at least 4 members (excludes halogenated alkanes) is 1. The van der Waals surface area contributed by atoms with Crippen LogP contribution in [0.3, 0.4) is 0 Å². The summed E-state index contributed by atoms with van der Waals surface area (Å²) in [6.07, 6.45) is 2.25. The molecule has 0 bridgehead atoms. The third-order valence-electron chi connectivity index (χ3n) is 2.69. The standard InChI is InChI=1S/C15H25NO3/c1-3-18-11-5-4-9-16-10-12-19-15-8-6-7-14(13-15)17-2/h6-8,13,16H,3-5,9-12H2,1-2H3. The minimum absolute atomic E-state index is 0.665. The Labute approximate surface area is 116 Å². The van der Waals surface area contributed by atoms with Crippen LogP contribution in [0.5, 0.6) is 11.5 Å². The van der Waals surface area contributed by atoms with Crippen LogP contribution in [-0.4, -0.2) is 40.0 Å². The number of methoxy groups -OCH3 is 1. The smallest absolute Gasteiger partial charge is 0.123 e. The Kier molecular flexibility index (Phi) is 8.85. The van der Waals surface area contributed by atoms with Gasteiger partial charge in [0.2, 0.25) is 0 Å². The zero-order valence-corrected chi connectivity index (χ0v) is 12.0. The zero-order chi connectivity index (χ0) is 13.8. The van der Waals surface area contributed by atoms with E-state index >= 15 is 0 Å². The van der Waals surface area contributed by atoms with Crippen LogP contribution in [0, 0.1) is 0 Å². The van der Waals surface area contributed by atoms with Crippen LogP contribution in [0.2, 0.25) is 0 Å². The average molecular weight is 267 g/mol. The van der Waals surface area contributed by atoms with Crippen molar-refractivity contribution in [3.8, 4) is 11.5 Å². The van der Waals surface area contributed by atoms with Crippen LogP contribution in [0.4, 0.5) is 0 Å². The number of nitrogens with one attached hydrogen (secondary N) is 1. The fourth-order valence-electron chi connectivity index (χ4n) is 1.66. The van der Waals surface area contributed by atoms with Gasteiger partial charge in [-0.25, -0.2) is 0 Å². The second kappa shape index (κ2) is 10.6. The molecule has 4 heteroatoms. The molecule has 108 valence electrons. The first-order chi connectivity index (χ1) is 9.36. The van der Waals surface area contributed by atoms with Gasteiger partial charge in [-0.15, -0.1) is 0 Å². The fraction of sp³-hybridized carbons (Fsp3) is 0.600. The first-order valence-corrected chi connectivity index (χ1v) is 6.92. The summed E-state index contributed by atoms with van der Waals surface area (Å²) in [4.78, 5) is 0. The molecule has 0 saturated carbocycles. The largest absolute Gasteiger partial charge is 0.497 e. The molecule has 0 saturated heterocycles. The second-order valence-corrected chi connectivity index (χ2v) is 4.18. The zero-order valence-electron chi connectivity index (χ0n) is 12.0. The SMILES string of the molecule is CCOCCCCNCCOc1cccc(OC)c1. The number of benzene rings is 1. The van der Waals surface area contributed by atoms with E-state index in [-0.39, 0.29) is 0 Å². The molecule has 1 aromatic carbocycles. The molecule has 0 amide bonds. The molecule has 0 atom stereocenters. The molecule has 0 spiro atoms. The van der Waals surface area contributed by atoms with Gasteiger partial charge in [-0.3, -0.25) is 0 Å². The summed E-state index contributed by atoms with van der Waals surface area (Å²) in [6, 6.07) is 7.66. The maximum atomic E-state index is 5.63. The molecule has 1 N–H and O–H groups in total. The molecule has 0 aromatic heterocycles. The highest BCUT2D eigenvalue weighted by Crippen LogP contribution is 2.18. The van der Waals surface area contributed by atoms with Crippen LogP contribution in [-0.2, 0) is 4.74 Å². The van der Waals surface area contributed by atoms with Crippen LogP contribution < -0.4 is 14.8 Å². The van der Waals surface area contributed by atoms with E-state index < -0.39 is 0 Å². The topological polar surface area (TPSA) is 39.7 Å². The molecule has 0 aliphatic rings. The van der Waals surface area contributed by atoms with Crippen molar-refractivity contribution in [3.63, 3.8) is 0 Å². The van der Waals surface area contributed by atoms with Gasteiger partial charge in [0.05, 0.1) is 7.11 Å². The van der Waals surface area contributed by atoms with E-state index in [0.717, 1.165) is 50.6 Å². The van der Waals surface area contributed by atoms with E-state index in [9.17, 15) is 0 Å².